The summed E-state index contributed by atoms with van der Waals surface area (Å²) in [6.45, 7) is 2.96. The van der Waals surface area contributed by atoms with Crippen LogP contribution in [0.15, 0.2) is 30.5 Å². The molecular formula is C16H17FN2O2S. The molecule has 1 amide bonds. The maximum Gasteiger partial charge on any atom is 0.234 e. The second kappa shape index (κ2) is 6.14. The van der Waals surface area contributed by atoms with Crippen molar-refractivity contribution >= 4 is 22.4 Å². The minimum atomic E-state index is -0.478. The number of thiazole rings is 1. The Bertz CT molecular complexity index is 680. The van der Waals surface area contributed by atoms with Gasteiger partial charge in [-0.1, -0.05) is 12.1 Å². The predicted octanol–water partition coefficient (Wildman–Crippen LogP) is 3.24. The molecule has 0 unspecified atom stereocenters. The molecule has 1 aromatic carbocycles. The fourth-order valence-corrected chi connectivity index (χ4v) is 3.23. The maximum absolute atomic E-state index is 13.2. The molecule has 1 fully saturated rings. The Kier molecular flexibility index (Phi) is 4.22. The number of nitrogens with zero attached hydrogens (tertiary/aromatic N) is 1. The normalized spacial score (nSPS) is 21.0. The Morgan fingerprint density at radius 1 is 1.55 bits per heavy atom. The van der Waals surface area contributed by atoms with E-state index < -0.39 is 5.41 Å². The molecule has 0 radical (unpaired) electrons. The number of aromatic nitrogens is 1. The van der Waals surface area contributed by atoms with Gasteiger partial charge in [0.15, 0.2) is 5.13 Å². The van der Waals surface area contributed by atoms with Crippen molar-refractivity contribution < 1.29 is 13.9 Å². The number of rotatable bonds is 4. The molecule has 1 atom stereocenters. The van der Waals surface area contributed by atoms with Crippen LogP contribution < -0.4 is 5.32 Å². The number of nitrogens with one attached hydrogen (secondary N) is 1. The van der Waals surface area contributed by atoms with Gasteiger partial charge in [-0.3, -0.25) is 4.79 Å². The third kappa shape index (κ3) is 3.34. The highest BCUT2D eigenvalue weighted by Crippen LogP contribution is 2.30. The van der Waals surface area contributed by atoms with Gasteiger partial charge < -0.3 is 10.1 Å². The van der Waals surface area contributed by atoms with E-state index in [1.807, 2.05) is 13.0 Å². The van der Waals surface area contributed by atoms with Gasteiger partial charge in [0.2, 0.25) is 5.91 Å². The first-order valence-corrected chi connectivity index (χ1v) is 7.95. The van der Waals surface area contributed by atoms with Gasteiger partial charge in [0.1, 0.15) is 5.82 Å². The van der Waals surface area contributed by atoms with E-state index in [-0.39, 0.29) is 11.7 Å². The average Bonchev–Trinajstić information content (AvgIpc) is 3.09. The van der Waals surface area contributed by atoms with Gasteiger partial charge in [0.05, 0.1) is 12.0 Å². The van der Waals surface area contributed by atoms with Gasteiger partial charge in [-0.2, -0.15) is 0 Å². The molecule has 2 heterocycles. The number of amides is 1. The summed E-state index contributed by atoms with van der Waals surface area (Å²) in [6, 6.07) is 6.49. The number of halogens is 1. The lowest BCUT2D eigenvalue weighted by Crippen LogP contribution is -2.33. The van der Waals surface area contributed by atoms with E-state index in [1.165, 1.54) is 23.5 Å². The molecule has 0 spiro atoms. The highest BCUT2D eigenvalue weighted by atomic mass is 32.1. The van der Waals surface area contributed by atoms with Crippen LogP contribution in [0, 0.1) is 11.2 Å². The van der Waals surface area contributed by atoms with Crippen LogP contribution in [0.3, 0.4) is 0 Å². The molecule has 4 nitrogen and oxygen atoms in total. The third-order valence-electron chi connectivity index (χ3n) is 3.81. The number of carbonyl (C=O) groups excluding carboxylic acids is 1. The van der Waals surface area contributed by atoms with Crippen molar-refractivity contribution in [2.45, 2.75) is 19.8 Å². The molecule has 6 heteroatoms. The van der Waals surface area contributed by atoms with Gasteiger partial charge in [-0.05, 0) is 31.0 Å². The van der Waals surface area contributed by atoms with Crippen LogP contribution in [-0.4, -0.2) is 24.1 Å². The lowest BCUT2D eigenvalue weighted by atomic mass is 9.89. The van der Waals surface area contributed by atoms with Crippen LogP contribution in [-0.2, 0) is 16.0 Å². The monoisotopic (exact) mass is 320 g/mol. The molecule has 3 rings (SSSR count). The van der Waals surface area contributed by atoms with Crippen molar-refractivity contribution in [3.8, 4) is 0 Å². The summed E-state index contributed by atoms with van der Waals surface area (Å²) in [5.74, 6) is -0.304. The summed E-state index contributed by atoms with van der Waals surface area (Å²) >= 11 is 1.41. The van der Waals surface area contributed by atoms with Gasteiger partial charge in [0.25, 0.3) is 0 Å². The second-order valence-electron chi connectivity index (χ2n) is 5.76. The van der Waals surface area contributed by atoms with Crippen LogP contribution in [0.5, 0.6) is 0 Å². The highest BCUT2D eigenvalue weighted by molar-refractivity contribution is 7.15. The quantitative estimate of drug-likeness (QED) is 0.941. The van der Waals surface area contributed by atoms with Crippen LogP contribution in [0.4, 0.5) is 9.52 Å². The minimum Gasteiger partial charge on any atom is -0.380 e. The van der Waals surface area contributed by atoms with E-state index >= 15 is 0 Å². The summed E-state index contributed by atoms with van der Waals surface area (Å²) in [6.07, 6.45) is 3.05. The third-order valence-corrected chi connectivity index (χ3v) is 4.72. The lowest BCUT2D eigenvalue weighted by molar-refractivity contribution is -0.124. The number of anilines is 1. The molecule has 1 aliphatic heterocycles. The van der Waals surface area contributed by atoms with Crippen LogP contribution in [0.2, 0.25) is 0 Å². The number of benzene rings is 1. The first kappa shape index (κ1) is 15.1. The predicted molar refractivity (Wildman–Crippen MR) is 83.5 cm³/mol. The van der Waals surface area contributed by atoms with Crippen molar-refractivity contribution in [1.29, 1.82) is 0 Å². The zero-order chi connectivity index (χ0) is 15.6. The maximum atomic E-state index is 13.2. The summed E-state index contributed by atoms with van der Waals surface area (Å²) in [7, 11) is 0. The van der Waals surface area contributed by atoms with E-state index in [4.69, 9.17) is 4.74 Å². The molecule has 116 valence electrons. The van der Waals surface area contributed by atoms with Gasteiger partial charge >= 0.3 is 0 Å². The summed E-state index contributed by atoms with van der Waals surface area (Å²) in [5.41, 5.74) is 0.409. The fraction of sp³-hybridized carbons (Fsp3) is 0.375. The standard InChI is InChI=1S/C16H17FN2O2S/c1-16(5-6-21-10-16)14(20)19-15-18-9-13(22-15)8-11-3-2-4-12(17)7-11/h2-4,7,9H,5-6,8,10H2,1H3,(H,18,19,20)/t16-/m0/s1. The Hall–Kier alpha value is -1.79. The Balaban J connectivity index is 1.65. The zero-order valence-corrected chi connectivity index (χ0v) is 13.1. The van der Waals surface area contributed by atoms with E-state index in [9.17, 15) is 9.18 Å². The summed E-state index contributed by atoms with van der Waals surface area (Å²) in [5, 5.41) is 3.43. The molecule has 0 saturated carbocycles. The second-order valence-corrected chi connectivity index (χ2v) is 6.87. The molecule has 0 aliphatic carbocycles. The van der Waals surface area contributed by atoms with Crippen LogP contribution in [0.1, 0.15) is 23.8 Å². The Morgan fingerprint density at radius 3 is 3.14 bits per heavy atom. The molecule has 22 heavy (non-hydrogen) atoms. The van der Waals surface area contributed by atoms with Crippen molar-refractivity contribution in [2.24, 2.45) is 5.41 Å². The Labute approximate surface area is 132 Å². The summed E-state index contributed by atoms with van der Waals surface area (Å²) in [4.78, 5) is 17.5. The average molecular weight is 320 g/mol. The molecule has 1 aliphatic rings. The van der Waals surface area contributed by atoms with Gasteiger partial charge in [-0.25, -0.2) is 9.37 Å². The molecular weight excluding hydrogens is 303 g/mol. The van der Waals surface area contributed by atoms with Crippen molar-refractivity contribution in [3.63, 3.8) is 0 Å². The SMILES string of the molecule is C[C@]1(C(=O)Nc2ncc(Cc3cccc(F)c3)s2)CCOC1. The Morgan fingerprint density at radius 2 is 2.41 bits per heavy atom. The van der Waals surface area contributed by atoms with Gasteiger partial charge in [-0.15, -0.1) is 11.3 Å². The van der Waals surface area contributed by atoms with E-state index in [0.29, 0.717) is 24.8 Å². The van der Waals surface area contributed by atoms with E-state index in [2.05, 4.69) is 10.3 Å². The molecule has 0 bridgehead atoms. The number of hydrogen-bond donors (Lipinski definition) is 1. The summed E-state index contributed by atoms with van der Waals surface area (Å²) < 4.78 is 18.5. The number of hydrogen-bond acceptors (Lipinski definition) is 4. The molecule has 1 aromatic heterocycles. The fourth-order valence-electron chi connectivity index (χ4n) is 2.39. The number of ether oxygens (including phenoxy) is 1. The first-order valence-electron chi connectivity index (χ1n) is 7.13. The van der Waals surface area contributed by atoms with Crippen LogP contribution >= 0.6 is 11.3 Å². The highest BCUT2D eigenvalue weighted by Gasteiger charge is 2.37. The first-order chi connectivity index (χ1) is 10.5. The van der Waals surface area contributed by atoms with Crippen molar-refractivity contribution in [2.75, 3.05) is 18.5 Å². The minimum absolute atomic E-state index is 0.0587. The van der Waals surface area contributed by atoms with E-state index in [1.54, 1.807) is 12.3 Å². The smallest absolute Gasteiger partial charge is 0.234 e. The zero-order valence-electron chi connectivity index (χ0n) is 12.3. The van der Waals surface area contributed by atoms with E-state index in [0.717, 1.165) is 16.9 Å². The van der Waals surface area contributed by atoms with Crippen LogP contribution in [0.25, 0.3) is 0 Å². The lowest BCUT2D eigenvalue weighted by Gasteiger charge is -2.19. The molecule has 2 aromatic rings. The van der Waals surface area contributed by atoms with Crippen molar-refractivity contribution in [1.82, 2.24) is 4.98 Å². The topological polar surface area (TPSA) is 51.2 Å². The molecule has 1 N–H and O–H groups in total. The number of carbonyl (C=O) groups is 1. The largest absolute Gasteiger partial charge is 0.380 e. The van der Waals surface area contributed by atoms with Crippen molar-refractivity contribution in [3.05, 3.63) is 46.7 Å². The van der Waals surface area contributed by atoms with Gasteiger partial charge in [0, 0.05) is 24.1 Å². The molecule has 1 saturated heterocycles.